The van der Waals surface area contributed by atoms with E-state index >= 15 is 0 Å². The van der Waals surface area contributed by atoms with E-state index in [0.717, 1.165) is 76.3 Å². The lowest BCUT2D eigenvalue weighted by molar-refractivity contribution is -0.145. The van der Waals surface area contributed by atoms with E-state index in [1.54, 1.807) is 0 Å². The number of aliphatic imine (C=N–C) groups is 1. The lowest BCUT2D eigenvalue weighted by Crippen LogP contribution is -2.43. The lowest BCUT2D eigenvalue weighted by Gasteiger charge is -2.37. The van der Waals surface area contributed by atoms with Gasteiger partial charge in [0.25, 0.3) is 0 Å². The molecule has 8 heteroatoms. The molecule has 2 aromatic rings. The van der Waals surface area contributed by atoms with Crippen LogP contribution in [0.25, 0.3) is 16.8 Å². The van der Waals surface area contributed by atoms with Gasteiger partial charge >= 0.3 is 5.97 Å². The van der Waals surface area contributed by atoms with E-state index in [9.17, 15) is 4.79 Å². The topological polar surface area (TPSA) is 70.1 Å². The Bertz CT molecular complexity index is 1360. The zero-order chi connectivity index (χ0) is 27.3. The zero-order valence-electron chi connectivity index (χ0n) is 23.1. The van der Waals surface area contributed by atoms with Gasteiger partial charge in [-0.05, 0) is 73.4 Å². The minimum Gasteiger partial charge on any atom is -0.466 e. The predicted octanol–water partition coefficient (Wildman–Crippen LogP) is 5.97. The van der Waals surface area contributed by atoms with Crippen molar-refractivity contribution in [2.45, 2.75) is 52.0 Å². The Kier molecular flexibility index (Phi) is 6.88. The van der Waals surface area contributed by atoms with E-state index in [4.69, 9.17) is 14.7 Å². The van der Waals surface area contributed by atoms with Crippen molar-refractivity contribution in [1.82, 2.24) is 20.3 Å². The van der Waals surface area contributed by atoms with Crippen LogP contribution in [0, 0.1) is 17.3 Å². The number of fused-ring (bicyclic) bond motifs is 1. The zero-order valence-corrected chi connectivity index (χ0v) is 24.7. The van der Waals surface area contributed by atoms with Gasteiger partial charge in [0.15, 0.2) is 5.82 Å². The highest BCUT2D eigenvalue weighted by atomic mass is 79.9. The van der Waals surface area contributed by atoms with Gasteiger partial charge in [0, 0.05) is 42.9 Å². The summed E-state index contributed by atoms with van der Waals surface area (Å²) in [6, 6.07) is 14.6. The van der Waals surface area contributed by atoms with Crippen LogP contribution in [-0.2, 0) is 9.53 Å². The fourth-order valence-corrected chi connectivity index (χ4v) is 7.55. The summed E-state index contributed by atoms with van der Waals surface area (Å²) in [5, 5.41) is 2.11. The summed E-state index contributed by atoms with van der Waals surface area (Å²) < 4.78 is 6.37. The highest BCUT2D eigenvalue weighted by Crippen LogP contribution is 2.63. The van der Waals surface area contributed by atoms with Crippen molar-refractivity contribution in [3.8, 4) is 11.3 Å². The number of nitrogens with one attached hydrogen (secondary N) is 1. The number of benzene rings is 1. The molecular weight excluding hydrogens is 554 g/mol. The summed E-state index contributed by atoms with van der Waals surface area (Å²) in [7, 11) is 4.14. The first kappa shape index (κ1) is 26.3. The van der Waals surface area contributed by atoms with E-state index in [0.29, 0.717) is 12.5 Å². The molecule has 2 atom stereocenters. The van der Waals surface area contributed by atoms with Gasteiger partial charge in [0.05, 0.1) is 34.5 Å². The summed E-state index contributed by atoms with van der Waals surface area (Å²) in [5.74, 6) is 2.41. The normalized spacial score (nSPS) is 28.0. The van der Waals surface area contributed by atoms with Crippen molar-refractivity contribution in [1.29, 1.82) is 0 Å². The number of hydrogen-bond donors (Lipinski definition) is 1. The van der Waals surface area contributed by atoms with Gasteiger partial charge in [-0.3, -0.25) is 9.78 Å². The number of rotatable bonds is 6. The van der Waals surface area contributed by atoms with Crippen molar-refractivity contribution < 1.29 is 9.53 Å². The third-order valence-corrected chi connectivity index (χ3v) is 9.53. The quantitative estimate of drug-likeness (QED) is 0.419. The molecule has 7 nitrogen and oxygen atoms in total. The smallest absolute Gasteiger partial charge is 0.309 e. The second-order valence-corrected chi connectivity index (χ2v) is 12.2. The van der Waals surface area contributed by atoms with Gasteiger partial charge < -0.3 is 9.64 Å². The predicted molar refractivity (Wildman–Crippen MR) is 157 cm³/mol. The second-order valence-electron chi connectivity index (χ2n) is 11.4. The van der Waals surface area contributed by atoms with Crippen LogP contribution in [0.3, 0.4) is 0 Å². The van der Waals surface area contributed by atoms with Gasteiger partial charge in [-0.1, -0.05) is 36.4 Å². The number of halogens is 1. The Morgan fingerprint density at radius 2 is 1.90 bits per heavy atom. The summed E-state index contributed by atoms with van der Waals surface area (Å²) in [6.07, 6.45) is 7.10. The number of carbonyl (C=O) groups is 1. The standard InChI is InChI=1S/C31H36BrN5O2/c1-5-39-30(38)23-17-31(23)15-13-21(14-16-31)27-26(32)29(36(3)4)37-28(34-27)25(19(2)35-37)22-11-12-24(33-18-22)20-9-7-6-8-10-20/h6-12,18-19,21,23,35H,5,13-17H2,1-4H3. The molecule has 0 amide bonds. The van der Waals surface area contributed by atoms with Crippen LogP contribution < -0.4 is 5.43 Å². The van der Waals surface area contributed by atoms with Crippen LogP contribution in [0.5, 0.6) is 0 Å². The fraction of sp³-hybridized carbons (Fsp3) is 0.452. The average molecular weight is 591 g/mol. The first-order valence-electron chi connectivity index (χ1n) is 14.0. The second kappa shape index (κ2) is 10.2. The molecule has 39 heavy (non-hydrogen) atoms. The maximum Gasteiger partial charge on any atom is 0.309 e. The van der Waals surface area contributed by atoms with E-state index in [-0.39, 0.29) is 23.3 Å². The first-order valence-corrected chi connectivity index (χ1v) is 14.8. The number of ether oxygens (including phenoxy) is 1. The highest BCUT2D eigenvalue weighted by molar-refractivity contribution is 9.12. The van der Waals surface area contributed by atoms with E-state index in [1.807, 2.05) is 31.3 Å². The van der Waals surface area contributed by atoms with Gasteiger partial charge in [-0.15, -0.1) is 0 Å². The van der Waals surface area contributed by atoms with E-state index in [2.05, 4.69) is 76.5 Å². The third-order valence-electron chi connectivity index (χ3n) is 8.76. The van der Waals surface area contributed by atoms with E-state index in [1.165, 1.54) is 0 Å². The number of carbonyl (C=O) groups excluding carboxylic acids is 1. The Balaban J connectivity index is 1.31. The van der Waals surface area contributed by atoms with Crippen LogP contribution in [0.2, 0.25) is 0 Å². The van der Waals surface area contributed by atoms with Gasteiger partial charge in [-0.2, -0.15) is 0 Å². The number of esters is 1. The molecule has 0 bridgehead atoms. The summed E-state index contributed by atoms with van der Waals surface area (Å²) in [5.41, 5.74) is 9.17. The molecule has 2 saturated carbocycles. The number of nitrogens with zero attached hydrogens (tertiary/aromatic N) is 4. The minimum absolute atomic E-state index is 0.00900. The Morgan fingerprint density at radius 3 is 2.54 bits per heavy atom. The fourth-order valence-electron chi connectivity index (χ4n) is 6.60. The molecule has 2 aliphatic heterocycles. The molecule has 4 aliphatic rings. The van der Waals surface area contributed by atoms with Gasteiger partial charge in [-0.25, -0.2) is 15.4 Å². The molecule has 2 fully saturated rings. The summed E-state index contributed by atoms with van der Waals surface area (Å²) >= 11 is 3.94. The summed E-state index contributed by atoms with van der Waals surface area (Å²) in [4.78, 5) is 24.6. The Morgan fingerprint density at radius 1 is 1.15 bits per heavy atom. The van der Waals surface area contributed by atoms with Crippen LogP contribution in [0.15, 0.2) is 69.8 Å². The molecule has 3 heterocycles. The SMILES string of the molecule is CCOC(=O)C1CC12CCC(C1=NC3=C(c4ccc(-c5ccccc5)nc4)C(C)NN3C(N(C)C)=C1Br)CC2. The van der Waals surface area contributed by atoms with Crippen molar-refractivity contribution >= 4 is 33.2 Å². The number of hydrogen-bond acceptors (Lipinski definition) is 7. The van der Waals surface area contributed by atoms with Crippen LogP contribution in [0.1, 0.15) is 51.5 Å². The van der Waals surface area contributed by atoms with Crippen LogP contribution in [-0.4, -0.2) is 53.3 Å². The molecule has 1 aromatic carbocycles. The third kappa shape index (κ3) is 4.61. The highest BCUT2D eigenvalue weighted by Gasteiger charge is 2.59. The van der Waals surface area contributed by atoms with Crippen LogP contribution >= 0.6 is 15.9 Å². The van der Waals surface area contributed by atoms with Crippen molar-refractivity contribution in [2.24, 2.45) is 22.2 Å². The lowest BCUT2D eigenvalue weighted by atomic mass is 9.76. The van der Waals surface area contributed by atoms with Gasteiger partial charge in [0.2, 0.25) is 0 Å². The molecule has 0 saturated heterocycles. The number of allylic oxidation sites excluding steroid dienone is 1. The maximum atomic E-state index is 12.4. The molecule has 1 spiro atoms. The first-order chi connectivity index (χ1) is 18.8. The Hall–Kier alpha value is -2.97. The molecule has 0 radical (unpaired) electrons. The van der Waals surface area contributed by atoms with Crippen molar-refractivity contribution in [3.63, 3.8) is 0 Å². The number of aromatic nitrogens is 1. The molecule has 2 unspecified atom stereocenters. The molecule has 204 valence electrons. The number of pyridine rings is 1. The monoisotopic (exact) mass is 589 g/mol. The molecule has 6 rings (SSSR count). The maximum absolute atomic E-state index is 12.4. The summed E-state index contributed by atoms with van der Waals surface area (Å²) in [6.45, 7) is 4.52. The molecule has 2 aliphatic carbocycles. The molecular formula is C31H36BrN5O2. The van der Waals surface area contributed by atoms with E-state index < -0.39 is 0 Å². The largest absolute Gasteiger partial charge is 0.466 e. The number of hydrazine groups is 1. The van der Waals surface area contributed by atoms with Crippen LogP contribution in [0.4, 0.5) is 0 Å². The average Bonchev–Trinajstić information content (AvgIpc) is 3.54. The van der Waals surface area contributed by atoms with Crippen molar-refractivity contribution in [3.05, 3.63) is 70.3 Å². The van der Waals surface area contributed by atoms with Gasteiger partial charge in [0.1, 0.15) is 5.82 Å². The molecule has 1 aromatic heterocycles. The Labute approximate surface area is 239 Å². The molecule has 1 N–H and O–H groups in total. The minimum atomic E-state index is -0.00900. The van der Waals surface area contributed by atoms with Crippen molar-refractivity contribution in [2.75, 3.05) is 20.7 Å².